The standard InChI is InChI=1S/C35H68O5/c1-5-32(4)26-22-18-14-11-12-16-20-24-28-35(38)40-30-33(36)29-39-34(37)27-23-19-15-10-8-6-7-9-13-17-21-25-31(2)3/h31-33,36H,5-30H2,1-4H3/t32?,33-/m1/s1. The number of esters is 2. The zero-order chi connectivity index (χ0) is 29.7. The van der Waals surface area contributed by atoms with Gasteiger partial charge in [-0.05, 0) is 24.7 Å². The number of carbonyl (C=O) groups is 2. The first-order chi connectivity index (χ1) is 19.3. The van der Waals surface area contributed by atoms with Crippen molar-refractivity contribution in [1.82, 2.24) is 0 Å². The third kappa shape index (κ3) is 29.9. The molecule has 0 bridgehead atoms. The lowest BCUT2D eigenvalue weighted by Crippen LogP contribution is -2.25. The van der Waals surface area contributed by atoms with E-state index < -0.39 is 6.10 Å². The van der Waals surface area contributed by atoms with Crippen molar-refractivity contribution >= 4 is 11.9 Å². The van der Waals surface area contributed by atoms with Gasteiger partial charge in [-0.3, -0.25) is 9.59 Å². The van der Waals surface area contributed by atoms with E-state index in [1.54, 1.807) is 0 Å². The minimum absolute atomic E-state index is 0.110. The molecule has 0 saturated heterocycles. The molecule has 0 aromatic rings. The van der Waals surface area contributed by atoms with Gasteiger partial charge < -0.3 is 14.6 Å². The van der Waals surface area contributed by atoms with Crippen LogP contribution in [-0.2, 0) is 19.1 Å². The Labute approximate surface area is 248 Å². The molecule has 0 amide bonds. The molecule has 0 fully saturated rings. The van der Waals surface area contributed by atoms with Crippen LogP contribution in [-0.4, -0.2) is 36.4 Å². The Morgan fingerprint density at radius 2 is 0.850 bits per heavy atom. The van der Waals surface area contributed by atoms with E-state index in [1.807, 2.05) is 0 Å². The van der Waals surface area contributed by atoms with Gasteiger partial charge in [-0.25, -0.2) is 0 Å². The molecule has 0 aliphatic heterocycles. The van der Waals surface area contributed by atoms with Gasteiger partial charge >= 0.3 is 11.9 Å². The molecular formula is C35H68O5. The maximum Gasteiger partial charge on any atom is 0.305 e. The van der Waals surface area contributed by atoms with E-state index >= 15 is 0 Å². The molecule has 40 heavy (non-hydrogen) atoms. The summed E-state index contributed by atoms with van der Waals surface area (Å²) in [5.74, 6) is 1.14. The van der Waals surface area contributed by atoms with Crippen LogP contribution in [0.15, 0.2) is 0 Å². The number of carbonyl (C=O) groups excluding carboxylic acids is 2. The molecule has 5 heteroatoms. The second kappa shape index (κ2) is 29.4. The Hall–Kier alpha value is -1.10. The fourth-order valence-corrected chi connectivity index (χ4v) is 5.01. The number of hydrogen-bond acceptors (Lipinski definition) is 5. The molecule has 1 N–H and O–H groups in total. The smallest absolute Gasteiger partial charge is 0.305 e. The van der Waals surface area contributed by atoms with Crippen molar-refractivity contribution in [2.24, 2.45) is 11.8 Å². The number of hydrogen-bond donors (Lipinski definition) is 1. The molecule has 0 spiro atoms. The lowest BCUT2D eigenvalue weighted by Gasteiger charge is -2.12. The highest BCUT2D eigenvalue weighted by molar-refractivity contribution is 5.69. The van der Waals surface area contributed by atoms with Gasteiger partial charge in [0.1, 0.15) is 19.3 Å². The average Bonchev–Trinajstić information content (AvgIpc) is 2.93. The Morgan fingerprint density at radius 3 is 1.20 bits per heavy atom. The molecule has 5 nitrogen and oxygen atoms in total. The van der Waals surface area contributed by atoms with Gasteiger partial charge in [-0.1, -0.05) is 156 Å². The number of unbranched alkanes of at least 4 members (excludes halogenated alkanes) is 17. The van der Waals surface area contributed by atoms with Gasteiger partial charge in [0, 0.05) is 12.8 Å². The fraction of sp³-hybridized carbons (Fsp3) is 0.943. The van der Waals surface area contributed by atoms with Crippen LogP contribution in [0.1, 0.15) is 182 Å². The minimum Gasteiger partial charge on any atom is -0.463 e. The molecule has 0 rings (SSSR count). The van der Waals surface area contributed by atoms with Crippen molar-refractivity contribution < 1.29 is 24.2 Å². The Balaban J connectivity index is 3.43. The zero-order valence-electron chi connectivity index (χ0n) is 27.2. The molecule has 0 aromatic carbocycles. The highest BCUT2D eigenvalue weighted by Crippen LogP contribution is 2.16. The SMILES string of the molecule is CCC(C)CCCCCCCCCCC(=O)OC[C@H](O)COC(=O)CCCCCCCCCCCCCC(C)C. The normalized spacial score (nSPS) is 12.9. The van der Waals surface area contributed by atoms with Crippen LogP contribution >= 0.6 is 0 Å². The average molecular weight is 569 g/mol. The van der Waals surface area contributed by atoms with E-state index in [0.29, 0.717) is 12.8 Å². The molecular weight excluding hydrogens is 500 g/mol. The first-order valence-electron chi connectivity index (χ1n) is 17.3. The van der Waals surface area contributed by atoms with E-state index in [4.69, 9.17) is 9.47 Å². The summed E-state index contributed by atoms with van der Waals surface area (Å²) >= 11 is 0. The van der Waals surface area contributed by atoms with Crippen molar-refractivity contribution in [1.29, 1.82) is 0 Å². The predicted molar refractivity (Wildman–Crippen MR) is 168 cm³/mol. The molecule has 0 aliphatic carbocycles. The van der Waals surface area contributed by atoms with Crippen molar-refractivity contribution in [2.45, 2.75) is 188 Å². The van der Waals surface area contributed by atoms with E-state index in [-0.39, 0.29) is 25.2 Å². The number of aliphatic hydroxyl groups is 1. The molecule has 0 aromatic heterocycles. The van der Waals surface area contributed by atoms with Crippen LogP contribution < -0.4 is 0 Å². The third-order valence-electron chi connectivity index (χ3n) is 8.06. The predicted octanol–water partition coefficient (Wildman–Crippen LogP) is 10.1. The summed E-state index contributed by atoms with van der Waals surface area (Å²) in [5, 5.41) is 9.96. The molecule has 238 valence electrons. The van der Waals surface area contributed by atoms with E-state index in [9.17, 15) is 14.7 Å². The molecule has 1 unspecified atom stereocenters. The number of rotatable bonds is 30. The Morgan fingerprint density at radius 1 is 0.525 bits per heavy atom. The highest BCUT2D eigenvalue weighted by atomic mass is 16.6. The third-order valence-corrected chi connectivity index (χ3v) is 8.06. The van der Waals surface area contributed by atoms with Crippen LogP contribution in [0.3, 0.4) is 0 Å². The largest absolute Gasteiger partial charge is 0.463 e. The van der Waals surface area contributed by atoms with Crippen molar-refractivity contribution in [2.75, 3.05) is 13.2 Å². The Kier molecular flexibility index (Phi) is 28.6. The van der Waals surface area contributed by atoms with E-state index in [2.05, 4.69) is 27.7 Å². The topological polar surface area (TPSA) is 72.8 Å². The van der Waals surface area contributed by atoms with Crippen molar-refractivity contribution in [3.63, 3.8) is 0 Å². The quantitative estimate of drug-likeness (QED) is 0.0689. The molecule has 0 heterocycles. The maximum absolute atomic E-state index is 11.9. The first-order valence-corrected chi connectivity index (χ1v) is 17.3. The van der Waals surface area contributed by atoms with Gasteiger partial charge in [0.15, 0.2) is 0 Å². The van der Waals surface area contributed by atoms with Crippen LogP contribution in [0.2, 0.25) is 0 Å². The van der Waals surface area contributed by atoms with Crippen LogP contribution in [0.5, 0.6) is 0 Å². The highest BCUT2D eigenvalue weighted by Gasteiger charge is 2.12. The summed E-state index contributed by atoms with van der Waals surface area (Å²) in [6.45, 7) is 8.98. The second-order valence-electron chi connectivity index (χ2n) is 12.7. The summed E-state index contributed by atoms with van der Waals surface area (Å²) in [5.41, 5.74) is 0. The number of aliphatic hydroxyl groups excluding tert-OH is 1. The second-order valence-corrected chi connectivity index (χ2v) is 12.7. The van der Waals surface area contributed by atoms with Crippen LogP contribution in [0, 0.1) is 11.8 Å². The summed E-state index contributed by atoms with van der Waals surface area (Å²) in [6, 6.07) is 0. The van der Waals surface area contributed by atoms with Crippen LogP contribution in [0.25, 0.3) is 0 Å². The zero-order valence-corrected chi connectivity index (χ0v) is 27.2. The van der Waals surface area contributed by atoms with Gasteiger partial charge in [-0.2, -0.15) is 0 Å². The van der Waals surface area contributed by atoms with Crippen molar-refractivity contribution in [3.8, 4) is 0 Å². The molecule has 0 radical (unpaired) electrons. The van der Waals surface area contributed by atoms with E-state index in [1.165, 1.54) is 109 Å². The summed E-state index contributed by atoms with van der Waals surface area (Å²) < 4.78 is 10.3. The Bertz CT molecular complexity index is 562. The van der Waals surface area contributed by atoms with E-state index in [0.717, 1.165) is 43.9 Å². The van der Waals surface area contributed by atoms with Gasteiger partial charge in [0.25, 0.3) is 0 Å². The molecule has 0 saturated carbocycles. The minimum atomic E-state index is -0.955. The lowest BCUT2D eigenvalue weighted by molar-refractivity contribution is -0.152. The molecule has 0 aliphatic rings. The van der Waals surface area contributed by atoms with Crippen molar-refractivity contribution in [3.05, 3.63) is 0 Å². The van der Waals surface area contributed by atoms with Gasteiger partial charge in [-0.15, -0.1) is 0 Å². The first kappa shape index (κ1) is 38.9. The van der Waals surface area contributed by atoms with Crippen LogP contribution in [0.4, 0.5) is 0 Å². The van der Waals surface area contributed by atoms with Gasteiger partial charge in [0.05, 0.1) is 0 Å². The maximum atomic E-state index is 11.9. The summed E-state index contributed by atoms with van der Waals surface area (Å²) in [6.07, 6.45) is 27.2. The lowest BCUT2D eigenvalue weighted by atomic mass is 9.99. The summed E-state index contributed by atoms with van der Waals surface area (Å²) in [7, 11) is 0. The molecule has 2 atom stereocenters. The monoisotopic (exact) mass is 569 g/mol. The fourth-order valence-electron chi connectivity index (χ4n) is 5.01. The number of ether oxygens (including phenoxy) is 2. The van der Waals surface area contributed by atoms with Gasteiger partial charge in [0.2, 0.25) is 0 Å². The summed E-state index contributed by atoms with van der Waals surface area (Å²) in [4.78, 5) is 23.8.